The lowest BCUT2D eigenvalue weighted by Crippen LogP contribution is -2.30. The number of hydrogen-bond acceptors (Lipinski definition) is 3. The molecule has 0 saturated heterocycles. The molecule has 1 aromatic carbocycles. The molecule has 23 heavy (non-hydrogen) atoms. The topological polar surface area (TPSA) is 64.0 Å². The molecule has 1 N–H and O–H groups in total. The highest BCUT2D eigenvalue weighted by atomic mass is 19.4. The van der Waals surface area contributed by atoms with E-state index >= 15 is 0 Å². The Balaban J connectivity index is 2.18. The third-order valence-electron chi connectivity index (χ3n) is 3.25. The van der Waals surface area contributed by atoms with Gasteiger partial charge in [0.15, 0.2) is 0 Å². The Bertz CT molecular complexity index is 784. The number of hydrogen-bond donors (Lipinski definition) is 1. The SMILES string of the molecule is C[C@@H](NC(=O)c1ccc(=O)n(C)n1)c1cccc(C(F)(F)F)c1. The zero-order valence-electron chi connectivity index (χ0n) is 12.4. The molecule has 1 atom stereocenters. The zero-order valence-corrected chi connectivity index (χ0v) is 12.4. The maximum atomic E-state index is 12.7. The van der Waals surface area contributed by atoms with Crippen molar-refractivity contribution < 1.29 is 18.0 Å². The van der Waals surface area contributed by atoms with Crippen LogP contribution in [0.15, 0.2) is 41.2 Å². The highest BCUT2D eigenvalue weighted by molar-refractivity contribution is 5.92. The van der Waals surface area contributed by atoms with Crippen LogP contribution in [0.2, 0.25) is 0 Å². The van der Waals surface area contributed by atoms with Gasteiger partial charge in [0.05, 0.1) is 11.6 Å². The maximum Gasteiger partial charge on any atom is 0.416 e. The van der Waals surface area contributed by atoms with Crippen molar-refractivity contribution in [1.29, 1.82) is 0 Å². The molecule has 2 rings (SSSR count). The smallest absolute Gasteiger partial charge is 0.344 e. The minimum atomic E-state index is -4.45. The van der Waals surface area contributed by atoms with Crippen molar-refractivity contribution in [2.24, 2.45) is 7.05 Å². The van der Waals surface area contributed by atoms with Gasteiger partial charge in [0.2, 0.25) is 0 Å². The Morgan fingerprint density at radius 2 is 1.96 bits per heavy atom. The van der Waals surface area contributed by atoms with Crippen LogP contribution in [0, 0.1) is 0 Å². The Labute approximate surface area is 129 Å². The molecule has 0 aliphatic heterocycles. The van der Waals surface area contributed by atoms with Crippen molar-refractivity contribution in [2.45, 2.75) is 19.1 Å². The Morgan fingerprint density at radius 3 is 2.57 bits per heavy atom. The van der Waals surface area contributed by atoms with Gasteiger partial charge in [0.25, 0.3) is 11.5 Å². The first-order chi connectivity index (χ1) is 10.7. The van der Waals surface area contributed by atoms with Crippen molar-refractivity contribution >= 4 is 5.91 Å². The Morgan fingerprint density at radius 1 is 1.26 bits per heavy atom. The molecular formula is C15H14F3N3O2. The summed E-state index contributed by atoms with van der Waals surface area (Å²) < 4.78 is 39.1. The van der Waals surface area contributed by atoms with Crippen LogP contribution in [0.3, 0.4) is 0 Å². The summed E-state index contributed by atoms with van der Waals surface area (Å²) in [5.41, 5.74) is -0.826. The van der Waals surface area contributed by atoms with Crippen LogP contribution in [-0.4, -0.2) is 15.7 Å². The average molecular weight is 325 g/mol. The molecule has 1 heterocycles. The zero-order chi connectivity index (χ0) is 17.2. The van der Waals surface area contributed by atoms with Crippen molar-refractivity contribution in [3.63, 3.8) is 0 Å². The fraction of sp³-hybridized carbons (Fsp3) is 0.267. The van der Waals surface area contributed by atoms with Crippen LogP contribution in [0.5, 0.6) is 0 Å². The molecule has 0 radical (unpaired) electrons. The molecule has 5 nitrogen and oxygen atoms in total. The van der Waals surface area contributed by atoms with E-state index < -0.39 is 23.7 Å². The molecule has 0 aliphatic carbocycles. The lowest BCUT2D eigenvalue weighted by Gasteiger charge is -2.16. The molecular weight excluding hydrogens is 311 g/mol. The number of alkyl halides is 3. The second-order valence-corrected chi connectivity index (χ2v) is 5.00. The quantitative estimate of drug-likeness (QED) is 0.942. The molecule has 0 saturated carbocycles. The van der Waals surface area contributed by atoms with E-state index in [1.807, 2.05) is 0 Å². The minimum Gasteiger partial charge on any atom is -0.344 e. The van der Waals surface area contributed by atoms with Gasteiger partial charge >= 0.3 is 6.18 Å². The fourth-order valence-electron chi connectivity index (χ4n) is 1.96. The van der Waals surface area contributed by atoms with Gasteiger partial charge in [-0.05, 0) is 30.7 Å². The van der Waals surface area contributed by atoms with E-state index in [1.54, 1.807) is 6.92 Å². The van der Waals surface area contributed by atoms with Gasteiger partial charge in [0.1, 0.15) is 5.69 Å². The van der Waals surface area contributed by atoms with Crippen LogP contribution in [0.25, 0.3) is 0 Å². The van der Waals surface area contributed by atoms with Gasteiger partial charge in [-0.3, -0.25) is 9.59 Å². The summed E-state index contributed by atoms with van der Waals surface area (Å²) in [4.78, 5) is 23.3. The fourth-order valence-corrected chi connectivity index (χ4v) is 1.96. The Kier molecular flexibility index (Phi) is 4.53. The molecule has 0 fully saturated rings. The highest BCUT2D eigenvalue weighted by Crippen LogP contribution is 2.30. The number of aryl methyl sites for hydroxylation is 1. The third-order valence-corrected chi connectivity index (χ3v) is 3.25. The Hall–Kier alpha value is -2.64. The summed E-state index contributed by atoms with van der Waals surface area (Å²) in [6.45, 7) is 1.56. The lowest BCUT2D eigenvalue weighted by molar-refractivity contribution is -0.137. The monoisotopic (exact) mass is 325 g/mol. The van der Waals surface area contributed by atoms with Gasteiger partial charge in [0, 0.05) is 13.1 Å². The van der Waals surface area contributed by atoms with E-state index in [0.29, 0.717) is 5.56 Å². The van der Waals surface area contributed by atoms with Crippen molar-refractivity contribution in [3.8, 4) is 0 Å². The van der Waals surface area contributed by atoms with Gasteiger partial charge in [-0.2, -0.15) is 18.3 Å². The van der Waals surface area contributed by atoms with E-state index in [2.05, 4.69) is 10.4 Å². The van der Waals surface area contributed by atoms with E-state index in [4.69, 9.17) is 0 Å². The number of nitrogens with zero attached hydrogens (tertiary/aromatic N) is 2. The first-order valence-corrected chi connectivity index (χ1v) is 6.71. The highest BCUT2D eigenvalue weighted by Gasteiger charge is 2.30. The second kappa shape index (κ2) is 6.23. The molecule has 0 spiro atoms. The number of aromatic nitrogens is 2. The summed E-state index contributed by atoms with van der Waals surface area (Å²) in [7, 11) is 1.40. The molecule has 122 valence electrons. The summed E-state index contributed by atoms with van der Waals surface area (Å²) in [6, 6.07) is 6.53. The van der Waals surface area contributed by atoms with Gasteiger partial charge in [-0.15, -0.1) is 0 Å². The molecule has 1 aromatic heterocycles. The van der Waals surface area contributed by atoms with Crippen LogP contribution in [0.4, 0.5) is 13.2 Å². The number of benzene rings is 1. The predicted molar refractivity (Wildman–Crippen MR) is 76.8 cm³/mol. The van der Waals surface area contributed by atoms with Crippen LogP contribution in [-0.2, 0) is 13.2 Å². The molecule has 0 unspecified atom stereocenters. The van der Waals surface area contributed by atoms with E-state index in [9.17, 15) is 22.8 Å². The van der Waals surface area contributed by atoms with Crippen molar-refractivity contribution in [3.05, 3.63) is 63.6 Å². The van der Waals surface area contributed by atoms with Gasteiger partial charge in [-0.1, -0.05) is 12.1 Å². The molecule has 0 bridgehead atoms. The van der Waals surface area contributed by atoms with E-state index in [-0.39, 0.29) is 11.3 Å². The maximum absolute atomic E-state index is 12.7. The van der Waals surface area contributed by atoms with Crippen LogP contribution in [0.1, 0.15) is 34.6 Å². The largest absolute Gasteiger partial charge is 0.416 e. The van der Waals surface area contributed by atoms with E-state index in [0.717, 1.165) is 16.8 Å². The van der Waals surface area contributed by atoms with Gasteiger partial charge < -0.3 is 5.32 Å². The molecule has 0 aliphatic rings. The summed E-state index contributed by atoms with van der Waals surface area (Å²) in [5.74, 6) is -0.578. The van der Waals surface area contributed by atoms with Gasteiger partial charge in [-0.25, -0.2) is 4.68 Å². The predicted octanol–water partition coefficient (Wildman–Crippen LogP) is 2.29. The normalized spacial score (nSPS) is 12.7. The summed E-state index contributed by atoms with van der Waals surface area (Å²) in [6.07, 6.45) is -4.45. The van der Waals surface area contributed by atoms with Crippen molar-refractivity contribution in [1.82, 2.24) is 15.1 Å². The van der Waals surface area contributed by atoms with Crippen LogP contribution >= 0.6 is 0 Å². The number of nitrogens with one attached hydrogen (secondary N) is 1. The number of amides is 1. The number of carbonyl (C=O) groups excluding carboxylic acids is 1. The van der Waals surface area contributed by atoms with Crippen LogP contribution < -0.4 is 10.9 Å². The number of carbonyl (C=O) groups is 1. The second-order valence-electron chi connectivity index (χ2n) is 5.00. The first kappa shape index (κ1) is 16.7. The third kappa shape index (κ3) is 3.97. The number of halogens is 3. The first-order valence-electron chi connectivity index (χ1n) is 6.71. The molecule has 1 amide bonds. The standard InChI is InChI=1S/C15H14F3N3O2/c1-9(10-4-3-5-11(8-10)15(16,17)18)19-14(23)12-6-7-13(22)21(2)20-12/h3-9H,1-2H3,(H,19,23)/t9-/m1/s1. The number of rotatable bonds is 3. The lowest BCUT2D eigenvalue weighted by atomic mass is 10.0. The minimum absolute atomic E-state index is 0.00549. The van der Waals surface area contributed by atoms with E-state index in [1.165, 1.54) is 31.3 Å². The summed E-state index contributed by atoms with van der Waals surface area (Å²) >= 11 is 0. The molecule has 8 heteroatoms. The molecule has 2 aromatic rings. The average Bonchev–Trinajstić information content (AvgIpc) is 2.49. The van der Waals surface area contributed by atoms with Crippen molar-refractivity contribution in [2.75, 3.05) is 0 Å². The summed E-state index contributed by atoms with van der Waals surface area (Å²) in [5, 5.41) is 6.34.